The molecule has 180 valence electrons. The lowest BCUT2D eigenvalue weighted by Gasteiger charge is -2.19. The van der Waals surface area contributed by atoms with Crippen LogP contribution in [0.3, 0.4) is 0 Å². The molecule has 0 N–H and O–H groups in total. The van der Waals surface area contributed by atoms with Crippen LogP contribution < -0.4 is 10.3 Å². The van der Waals surface area contributed by atoms with Crippen molar-refractivity contribution in [1.29, 1.82) is 0 Å². The Hall–Kier alpha value is -3.72. The summed E-state index contributed by atoms with van der Waals surface area (Å²) in [5.74, 6) is -0.0691. The molecular formula is C26H23F2N3O3S. The molecule has 0 radical (unpaired) electrons. The Morgan fingerprint density at radius 3 is 2.46 bits per heavy atom. The molecule has 4 rings (SSSR count). The summed E-state index contributed by atoms with van der Waals surface area (Å²) in [6.45, 7) is -0.479. The van der Waals surface area contributed by atoms with Crippen LogP contribution in [0.2, 0.25) is 0 Å². The van der Waals surface area contributed by atoms with Gasteiger partial charge in [0.15, 0.2) is 5.16 Å². The predicted molar refractivity (Wildman–Crippen MR) is 132 cm³/mol. The topological polar surface area (TPSA) is 64.4 Å². The molecule has 1 heterocycles. The molecule has 0 saturated carbocycles. The molecule has 0 saturated heterocycles. The van der Waals surface area contributed by atoms with Crippen LogP contribution in [0.1, 0.15) is 11.1 Å². The minimum absolute atomic E-state index is 0.0206. The Morgan fingerprint density at radius 1 is 1.06 bits per heavy atom. The van der Waals surface area contributed by atoms with E-state index >= 15 is 0 Å². The first kappa shape index (κ1) is 24.4. The second-order valence-electron chi connectivity index (χ2n) is 7.89. The van der Waals surface area contributed by atoms with Gasteiger partial charge in [-0.15, -0.1) is 0 Å². The highest BCUT2D eigenvalue weighted by molar-refractivity contribution is 7.99. The third-order valence-electron chi connectivity index (χ3n) is 5.48. The van der Waals surface area contributed by atoms with Gasteiger partial charge in [-0.25, -0.2) is 4.98 Å². The van der Waals surface area contributed by atoms with Crippen molar-refractivity contribution in [2.24, 2.45) is 0 Å². The summed E-state index contributed by atoms with van der Waals surface area (Å²) in [4.78, 5) is 32.5. The molecule has 0 aliphatic heterocycles. The molecule has 0 unspecified atom stereocenters. The summed E-state index contributed by atoms with van der Waals surface area (Å²) in [6.07, 6.45) is 0. The fourth-order valence-electron chi connectivity index (χ4n) is 3.58. The maximum atomic E-state index is 13.3. The highest BCUT2D eigenvalue weighted by Gasteiger charge is 2.17. The van der Waals surface area contributed by atoms with Gasteiger partial charge in [-0.3, -0.25) is 14.2 Å². The molecule has 4 aromatic rings. The number of benzene rings is 3. The van der Waals surface area contributed by atoms with E-state index in [2.05, 4.69) is 9.72 Å². The molecule has 0 aliphatic rings. The number of rotatable bonds is 8. The monoisotopic (exact) mass is 495 g/mol. The highest BCUT2D eigenvalue weighted by atomic mass is 32.2. The van der Waals surface area contributed by atoms with Crippen LogP contribution in [0.15, 0.2) is 82.7 Å². The lowest BCUT2D eigenvalue weighted by molar-refractivity contribution is -0.127. The third kappa shape index (κ3) is 5.68. The van der Waals surface area contributed by atoms with E-state index in [0.29, 0.717) is 28.3 Å². The maximum Gasteiger partial charge on any atom is 0.387 e. The summed E-state index contributed by atoms with van der Waals surface area (Å²) >= 11 is 1.15. The first-order chi connectivity index (χ1) is 16.8. The van der Waals surface area contributed by atoms with E-state index in [0.717, 1.165) is 22.9 Å². The average Bonchev–Trinajstić information content (AvgIpc) is 2.84. The average molecular weight is 496 g/mol. The van der Waals surface area contributed by atoms with Crippen LogP contribution in [-0.2, 0) is 11.3 Å². The summed E-state index contributed by atoms with van der Waals surface area (Å²) in [6, 6.07) is 20.5. The SMILES string of the molecule is Cc1ccccc1CN(C)C(=O)CSc1nc2ccccc2c(=O)n1-c1ccc(OC(F)F)cc1. The molecule has 1 aromatic heterocycles. The molecule has 0 fully saturated rings. The van der Waals surface area contributed by atoms with E-state index in [1.165, 1.54) is 28.8 Å². The summed E-state index contributed by atoms with van der Waals surface area (Å²) in [7, 11) is 1.73. The first-order valence-electron chi connectivity index (χ1n) is 10.8. The zero-order valence-corrected chi connectivity index (χ0v) is 20.0. The number of ether oxygens (including phenoxy) is 1. The zero-order chi connectivity index (χ0) is 24.9. The summed E-state index contributed by atoms with van der Waals surface area (Å²) in [5.41, 5.74) is 2.78. The van der Waals surface area contributed by atoms with Gasteiger partial charge in [-0.2, -0.15) is 8.78 Å². The Bertz CT molecular complexity index is 1410. The second kappa shape index (κ2) is 10.7. The molecule has 9 heteroatoms. The fraction of sp³-hybridized carbons (Fsp3) is 0.192. The quantitative estimate of drug-likeness (QED) is 0.253. The van der Waals surface area contributed by atoms with Crippen LogP contribution >= 0.6 is 11.8 Å². The van der Waals surface area contributed by atoms with Crippen molar-refractivity contribution < 1.29 is 18.3 Å². The van der Waals surface area contributed by atoms with Crippen molar-refractivity contribution in [3.05, 3.63) is 94.3 Å². The molecule has 0 aliphatic carbocycles. The highest BCUT2D eigenvalue weighted by Crippen LogP contribution is 2.24. The number of carbonyl (C=O) groups is 1. The number of hydrogen-bond donors (Lipinski definition) is 0. The van der Waals surface area contributed by atoms with Gasteiger partial charge in [0.2, 0.25) is 5.91 Å². The van der Waals surface area contributed by atoms with E-state index in [1.54, 1.807) is 36.2 Å². The number of aryl methyl sites for hydroxylation is 1. The summed E-state index contributed by atoms with van der Waals surface area (Å²) in [5, 5.41) is 0.738. The fourth-order valence-corrected chi connectivity index (χ4v) is 4.53. The van der Waals surface area contributed by atoms with Crippen LogP contribution in [0.25, 0.3) is 16.6 Å². The van der Waals surface area contributed by atoms with Gasteiger partial charge in [0.25, 0.3) is 5.56 Å². The smallest absolute Gasteiger partial charge is 0.387 e. The lowest BCUT2D eigenvalue weighted by Crippen LogP contribution is -2.29. The number of thioether (sulfide) groups is 1. The number of aromatic nitrogens is 2. The first-order valence-corrected chi connectivity index (χ1v) is 11.8. The van der Waals surface area contributed by atoms with E-state index in [1.807, 2.05) is 31.2 Å². The van der Waals surface area contributed by atoms with Gasteiger partial charge >= 0.3 is 6.61 Å². The number of fused-ring (bicyclic) bond motifs is 1. The number of nitrogens with zero attached hydrogens (tertiary/aromatic N) is 3. The Morgan fingerprint density at radius 2 is 1.74 bits per heavy atom. The minimum atomic E-state index is -2.94. The Kier molecular flexibility index (Phi) is 7.45. The largest absolute Gasteiger partial charge is 0.435 e. The standard InChI is InChI=1S/C26H23F2N3O3S/c1-17-7-3-4-8-18(17)15-30(2)23(32)16-35-26-29-22-10-6-5-9-21(22)24(33)31(26)19-11-13-20(14-12-19)34-25(27)28/h3-14,25H,15-16H2,1-2H3. The van der Waals surface area contributed by atoms with Gasteiger partial charge in [0.1, 0.15) is 5.75 Å². The Labute approximate surface area is 205 Å². The van der Waals surface area contributed by atoms with Crippen molar-refractivity contribution in [2.45, 2.75) is 25.2 Å². The number of hydrogen-bond acceptors (Lipinski definition) is 5. The number of alkyl halides is 2. The molecule has 3 aromatic carbocycles. The second-order valence-corrected chi connectivity index (χ2v) is 8.83. The molecule has 0 spiro atoms. The molecular weight excluding hydrogens is 472 g/mol. The number of carbonyl (C=O) groups excluding carboxylic acids is 1. The summed E-state index contributed by atoms with van der Waals surface area (Å²) < 4.78 is 30.8. The van der Waals surface area contributed by atoms with Gasteiger partial charge in [-0.1, -0.05) is 48.2 Å². The predicted octanol–water partition coefficient (Wildman–Crippen LogP) is 5.05. The van der Waals surface area contributed by atoms with Crippen molar-refractivity contribution in [1.82, 2.24) is 14.5 Å². The Balaban J connectivity index is 1.62. The molecule has 1 amide bonds. The van der Waals surface area contributed by atoms with Crippen LogP contribution in [0.4, 0.5) is 8.78 Å². The van der Waals surface area contributed by atoms with Crippen LogP contribution in [-0.4, -0.2) is 39.8 Å². The molecule has 0 bridgehead atoms. The van der Waals surface area contributed by atoms with Crippen LogP contribution in [0, 0.1) is 6.92 Å². The lowest BCUT2D eigenvalue weighted by atomic mass is 10.1. The van der Waals surface area contributed by atoms with Gasteiger partial charge in [0.05, 0.1) is 22.3 Å². The van der Waals surface area contributed by atoms with Gasteiger partial charge < -0.3 is 9.64 Å². The van der Waals surface area contributed by atoms with Gasteiger partial charge in [-0.05, 0) is 54.4 Å². The molecule has 0 atom stereocenters. The minimum Gasteiger partial charge on any atom is -0.435 e. The van der Waals surface area contributed by atoms with E-state index in [4.69, 9.17) is 0 Å². The van der Waals surface area contributed by atoms with Crippen molar-refractivity contribution in [2.75, 3.05) is 12.8 Å². The van der Waals surface area contributed by atoms with E-state index < -0.39 is 6.61 Å². The van der Waals surface area contributed by atoms with Crippen molar-refractivity contribution >= 4 is 28.6 Å². The third-order valence-corrected chi connectivity index (χ3v) is 6.41. The van der Waals surface area contributed by atoms with Gasteiger partial charge in [0, 0.05) is 13.6 Å². The van der Waals surface area contributed by atoms with Crippen molar-refractivity contribution in [3.63, 3.8) is 0 Å². The van der Waals surface area contributed by atoms with Crippen LogP contribution in [0.5, 0.6) is 5.75 Å². The van der Waals surface area contributed by atoms with Crippen molar-refractivity contribution in [3.8, 4) is 11.4 Å². The molecule has 6 nitrogen and oxygen atoms in total. The number of halogens is 2. The molecule has 35 heavy (non-hydrogen) atoms. The zero-order valence-electron chi connectivity index (χ0n) is 19.2. The van der Waals surface area contributed by atoms with E-state index in [9.17, 15) is 18.4 Å². The van der Waals surface area contributed by atoms with E-state index in [-0.39, 0.29) is 23.0 Å². The normalized spacial score (nSPS) is 11.1. The number of amides is 1. The number of para-hydroxylation sites is 1. The maximum absolute atomic E-state index is 13.3.